The van der Waals surface area contributed by atoms with Gasteiger partial charge in [0, 0.05) is 18.5 Å². The largest absolute Gasteiger partial charge is 0.382 e. The summed E-state index contributed by atoms with van der Waals surface area (Å²) in [5, 5.41) is 21.0. The Morgan fingerprint density at radius 1 is 1.12 bits per heavy atom. The van der Waals surface area contributed by atoms with Gasteiger partial charge in [0.1, 0.15) is 17.5 Å². The number of aryl methyl sites for hydroxylation is 1. The summed E-state index contributed by atoms with van der Waals surface area (Å²) in [6, 6.07) is 22.5. The number of aromatic nitrogens is 2. The van der Waals surface area contributed by atoms with Crippen molar-refractivity contribution < 1.29 is 0 Å². The molecular weight excluding hydrogens is 410 g/mol. The lowest BCUT2D eigenvalue weighted by Gasteiger charge is -2.16. The number of nitriles is 1. The summed E-state index contributed by atoms with van der Waals surface area (Å²) in [6.07, 6.45) is 3.84. The number of guanidine groups is 1. The monoisotopic (exact) mass is 441 g/mol. The smallest absolute Gasteiger partial charge is 0.191 e. The summed E-state index contributed by atoms with van der Waals surface area (Å²) in [4.78, 5) is 4.86. The highest BCUT2D eigenvalue weighted by atomic mass is 15.3. The van der Waals surface area contributed by atoms with Gasteiger partial charge in [0.05, 0.1) is 17.9 Å². The number of anilines is 1. The van der Waals surface area contributed by atoms with Crippen LogP contribution in [0, 0.1) is 11.3 Å². The fraction of sp³-hybridized carbons (Fsp3) is 0.346. The lowest BCUT2D eigenvalue weighted by atomic mass is 9.96. The van der Waals surface area contributed by atoms with Gasteiger partial charge < -0.3 is 16.4 Å². The topological polar surface area (TPSA) is 104 Å². The molecule has 1 fully saturated rings. The molecule has 0 amide bonds. The van der Waals surface area contributed by atoms with Gasteiger partial charge in [-0.2, -0.15) is 10.4 Å². The lowest BCUT2D eigenvalue weighted by Crippen LogP contribution is -2.38. The Labute approximate surface area is 195 Å². The molecule has 1 saturated carbocycles. The van der Waals surface area contributed by atoms with E-state index in [1.807, 2.05) is 30.3 Å². The lowest BCUT2D eigenvalue weighted by molar-refractivity contribution is 0.684. The Morgan fingerprint density at radius 2 is 1.82 bits per heavy atom. The van der Waals surface area contributed by atoms with Gasteiger partial charge in [-0.1, -0.05) is 48.5 Å². The molecule has 4 N–H and O–H groups in total. The summed E-state index contributed by atoms with van der Waals surface area (Å²) in [5.41, 5.74) is 9.80. The van der Waals surface area contributed by atoms with Gasteiger partial charge >= 0.3 is 0 Å². The number of nitrogens with two attached hydrogens (primary N) is 1. The van der Waals surface area contributed by atoms with E-state index in [0.717, 1.165) is 43.4 Å². The summed E-state index contributed by atoms with van der Waals surface area (Å²) in [6.45, 7) is 4.39. The van der Waals surface area contributed by atoms with E-state index in [9.17, 15) is 5.26 Å². The maximum Gasteiger partial charge on any atom is 0.191 e. The molecule has 33 heavy (non-hydrogen) atoms. The molecule has 0 atom stereocenters. The number of nitrogen functional groups attached to an aromatic ring is 1. The van der Waals surface area contributed by atoms with E-state index < -0.39 is 0 Å². The van der Waals surface area contributed by atoms with Crippen LogP contribution in [0.2, 0.25) is 0 Å². The third-order valence-electron chi connectivity index (χ3n) is 6.11. The zero-order chi connectivity index (χ0) is 23.1. The Balaban J connectivity index is 1.35. The van der Waals surface area contributed by atoms with Crippen LogP contribution in [0.3, 0.4) is 0 Å². The van der Waals surface area contributed by atoms with Crippen LogP contribution in [0.4, 0.5) is 5.82 Å². The molecule has 0 saturated heterocycles. The van der Waals surface area contributed by atoms with Gasteiger partial charge in [0.15, 0.2) is 5.96 Å². The van der Waals surface area contributed by atoms with E-state index in [1.165, 1.54) is 18.4 Å². The van der Waals surface area contributed by atoms with Crippen LogP contribution < -0.4 is 16.4 Å². The second kappa shape index (κ2) is 10.2. The molecule has 0 bridgehead atoms. The third-order valence-corrected chi connectivity index (χ3v) is 6.11. The van der Waals surface area contributed by atoms with Gasteiger partial charge in [-0.15, -0.1) is 0 Å². The van der Waals surface area contributed by atoms with Gasteiger partial charge in [-0.05, 0) is 50.3 Å². The second-order valence-corrected chi connectivity index (χ2v) is 8.44. The van der Waals surface area contributed by atoms with Crippen LogP contribution in [0.5, 0.6) is 0 Å². The molecule has 3 aromatic rings. The highest BCUT2D eigenvalue weighted by molar-refractivity contribution is 5.79. The second-order valence-electron chi connectivity index (χ2n) is 8.44. The maximum absolute atomic E-state index is 9.59. The number of nitrogens with one attached hydrogen (secondary N) is 2. The average molecular weight is 442 g/mol. The van der Waals surface area contributed by atoms with E-state index in [2.05, 4.69) is 59.1 Å². The molecule has 170 valence electrons. The molecule has 1 aromatic heterocycles. The first kappa shape index (κ1) is 22.4. The molecule has 0 spiro atoms. The average Bonchev–Trinajstić information content (AvgIpc) is 3.58. The molecule has 0 aliphatic heterocycles. The standard InChI is InChI=1S/C26H31N7/c1-2-29-25(31-19-26(15-16-26)20-10-5-3-6-11-20)30-17-9-14-23-22(18-27)24(28)33(32-23)21-12-7-4-8-13-21/h3-8,10-13H,2,9,14-17,19,28H2,1H3,(H2,29,30,31). The Hall–Kier alpha value is -3.79. The van der Waals surface area contributed by atoms with Gasteiger partial charge in [-0.25, -0.2) is 4.68 Å². The van der Waals surface area contributed by atoms with Gasteiger partial charge in [0.2, 0.25) is 0 Å². The first-order chi connectivity index (χ1) is 16.2. The van der Waals surface area contributed by atoms with Crippen LogP contribution in [-0.2, 0) is 11.8 Å². The summed E-state index contributed by atoms with van der Waals surface area (Å²) in [7, 11) is 0. The fourth-order valence-corrected chi connectivity index (χ4v) is 4.06. The van der Waals surface area contributed by atoms with Gasteiger partial charge in [0.25, 0.3) is 0 Å². The SMILES string of the molecule is CCNC(=NCC1(c2ccccc2)CC1)NCCCc1nn(-c2ccccc2)c(N)c1C#N. The highest BCUT2D eigenvalue weighted by Gasteiger charge is 2.43. The predicted octanol–water partition coefficient (Wildman–Crippen LogP) is 3.55. The zero-order valence-corrected chi connectivity index (χ0v) is 19.1. The summed E-state index contributed by atoms with van der Waals surface area (Å²) in [5.74, 6) is 1.21. The van der Waals surface area contributed by atoms with Crippen molar-refractivity contribution in [3.63, 3.8) is 0 Å². The predicted molar refractivity (Wildman–Crippen MR) is 132 cm³/mol. The first-order valence-corrected chi connectivity index (χ1v) is 11.6. The molecule has 7 heteroatoms. The molecule has 4 rings (SSSR count). The van der Waals surface area contributed by atoms with E-state index in [1.54, 1.807) is 4.68 Å². The van der Waals surface area contributed by atoms with Gasteiger partial charge in [-0.3, -0.25) is 4.99 Å². The number of aliphatic imine (C=N–C) groups is 1. The number of para-hydroxylation sites is 1. The highest BCUT2D eigenvalue weighted by Crippen LogP contribution is 2.48. The number of hydrogen-bond acceptors (Lipinski definition) is 4. The van der Waals surface area contributed by atoms with E-state index in [-0.39, 0.29) is 5.41 Å². The number of nitrogens with zero attached hydrogens (tertiary/aromatic N) is 4. The minimum atomic E-state index is 0.188. The maximum atomic E-state index is 9.59. The van der Waals surface area contributed by atoms with Crippen molar-refractivity contribution in [3.05, 3.63) is 77.5 Å². The Kier molecular flexibility index (Phi) is 6.94. The summed E-state index contributed by atoms with van der Waals surface area (Å²) < 4.78 is 1.64. The first-order valence-electron chi connectivity index (χ1n) is 11.6. The van der Waals surface area contributed by atoms with E-state index in [0.29, 0.717) is 17.8 Å². The fourth-order valence-electron chi connectivity index (χ4n) is 4.06. The van der Waals surface area contributed by atoms with Crippen molar-refractivity contribution in [2.24, 2.45) is 4.99 Å². The minimum Gasteiger partial charge on any atom is -0.382 e. The summed E-state index contributed by atoms with van der Waals surface area (Å²) >= 11 is 0. The molecule has 0 radical (unpaired) electrons. The van der Waals surface area contributed by atoms with Crippen molar-refractivity contribution >= 4 is 11.8 Å². The van der Waals surface area contributed by atoms with Crippen LogP contribution in [0.1, 0.15) is 43.0 Å². The molecule has 2 aromatic carbocycles. The molecule has 1 aliphatic rings. The quantitative estimate of drug-likeness (QED) is 0.268. The van der Waals surface area contributed by atoms with Crippen LogP contribution in [-0.4, -0.2) is 35.4 Å². The van der Waals surface area contributed by atoms with Crippen molar-refractivity contribution in [1.82, 2.24) is 20.4 Å². The van der Waals surface area contributed by atoms with Crippen LogP contribution in [0.15, 0.2) is 65.7 Å². The van der Waals surface area contributed by atoms with E-state index in [4.69, 9.17) is 10.7 Å². The minimum absolute atomic E-state index is 0.188. The third kappa shape index (κ3) is 5.17. The normalized spacial score (nSPS) is 14.5. The molecule has 1 aliphatic carbocycles. The van der Waals surface area contributed by atoms with Crippen molar-refractivity contribution in [2.45, 2.75) is 38.0 Å². The number of benzene rings is 2. The van der Waals surface area contributed by atoms with Crippen molar-refractivity contribution in [2.75, 3.05) is 25.4 Å². The zero-order valence-electron chi connectivity index (χ0n) is 19.1. The Bertz CT molecular complexity index is 1120. The molecule has 1 heterocycles. The van der Waals surface area contributed by atoms with E-state index >= 15 is 0 Å². The number of rotatable bonds is 9. The van der Waals surface area contributed by atoms with Crippen molar-refractivity contribution in [1.29, 1.82) is 5.26 Å². The number of hydrogen-bond donors (Lipinski definition) is 3. The van der Waals surface area contributed by atoms with Crippen LogP contribution >= 0.6 is 0 Å². The Morgan fingerprint density at radius 3 is 2.45 bits per heavy atom. The molecule has 7 nitrogen and oxygen atoms in total. The molecular formula is C26H31N7. The van der Waals surface area contributed by atoms with Crippen LogP contribution in [0.25, 0.3) is 5.69 Å². The van der Waals surface area contributed by atoms with Crippen molar-refractivity contribution in [3.8, 4) is 11.8 Å². The molecule has 0 unspecified atom stereocenters.